The number of hydrogen-bond donors (Lipinski definition) is 0. The van der Waals surface area contributed by atoms with Crippen LogP contribution in [0.5, 0.6) is 11.5 Å². The first-order chi connectivity index (χ1) is 14.9. The number of ether oxygens (including phenoxy) is 1. The van der Waals surface area contributed by atoms with Crippen LogP contribution in [-0.2, 0) is 10.9 Å². The van der Waals surface area contributed by atoms with Crippen molar-refractivity contribution in [1.82, 2.24) is 0 Å². The summed E-state index contributed by atoms with van der Waals surface area (Å²) in [5, 5.41) is 0. The Kier molecular flexibility index (Phi) is 7.79. The minimum atomic E-state index is -6.00. The number of benzene rings is 4. The van der Waals surface area contributed by atoms with Crippen molar-refractivity contribution in [2.45, 2.75) is 14.7 Å². The second-order valence-corrected chi connectivity index (χ2v) is 8.34. The molecule has 0 saturated carbocycles. The highest BCUT2D eigenvalue weighted by atomic mass is 32.2. The molecular weight excluding hydrogens is 423 g/mol. The monoisotopic (exact) mass is 442 g/mol. The van der Waals surface area contributed by atoms with Crippen molar-refractivity contribution in [3.8, 4) is 11.5 Å². The summed E-state index contributed by atoms with van der Waals surface area (Å²) in [6.45, 7) is 0. The minimum Gasteiger partial charge on any atom is -0.457 e. The van der Waals surface area contributed by atoms with E-state index in [2.05, 4.69) is 72.8 Å². The van der Waals surface area contributed by atoms with Gasteiger partial charge in [0.1, 0.15) is 11.5 Å². The Morgan fingerprint density at radius 3 is 1.19 bits per heavy atom. The van der Waals surface area contributed by atoms with Crippen LogP contribution in [0.4, 0.5) is 17.3 Å². The van der Waals surface area contributed by atoms with Crippen LogP contribution >= 0.6 is 0 Å². The lowest BCUT2D eigenvalue weighted by atomic mass is 10.3. The third kappa shape index (κ3) is 7.53. The third-order valence-electron chi connectivity index (χ3n) is 4.00. The highest BCUT2D eigenvalue weighted by molar-refractivity contribution is 7.97. The van der Waals surface area contributed by atoms with Gasteiger partial charge in [-0.3, -0.25) is 0 Å². The Morgan fingerprint density at radius 1 is 0.452 bits per heavy atom. The Bertz CT molecular complexity index is 998. The lowest BCUT2D eigenvalue weighted by Crippen LogP contribution is -2.04. The summed E-state index contributed by atoms with van der Waals surface area (Å²) >= 11 is 0. The molecule has 0 atom stereocenters. The highest BCUT2D eigenvalue weighted by Gasteiger charge is 2.28. The summed E-state index contributed by atoms with van der Waals surface area (Å²) in [7, 11) is -6.12. The summed E-state index contributed by atoms with van der Waals surface area (Å²) in [6.07, 6.45) is 0. The van der Waals surface area contributed by atoms with Crippen LogP contribution in [0.2, 0.25) is 0 Å². The van der Waals surface area contributed by atoms with E-state index in [1.807, 2.05) is 42.5 Å². The molecule has 0 aromatic heterocycles. The molecular formula is C24H19BF4OS. The lowest BCUT2D eigenvalue weighted by Gasteiger charge is -2.09. The van der Waals surface area contributed by atoms with E-state index >= 15 is 0 Å². The molecule has 4 aromatic rings. The van der Waals surface area contributed by atoms with Crippen molar-refractivity contribution in [3.63, 3.8) is 0 Å². The molecule has 0 spiro atoms. The second-order valence-electron chi connectivity index (χ2n) is 6.31. The van der Waals surface area contributed by atoms with Gasteiger partial charge in [-0.15, -0.1) is 0 Å². The van der Waals surface area contributed by atoms with Crippen LogP contribution in [0.15, 0.2) is 130 Å². The van der Waals surface area contributed by atoms with E-state index in [9.17, 15) is 17.3 Å². The van der Waals surface area contributed by atoms with Gasteiger partial charge < -0.3 is 22.0 Å². The number of halogens is 4. The van der Waals surface area contributed by atoms with Gasteiger partial charge in [-0.25, -0.2) is 0 Å². The highest BCUT2D eigenvalue weighted by Crippen LogP contribution is 2.32. The van der Waals surface area contributed by atoms with Crippen LogP contribution in [0.3, 0.4) is 0 Å². The standard InChI is InChI=1S/C24H19OS.BF4/c1-4-10-20(11-5-1)25-21-16-18-24(19-17-21)26(22-12-6-2-7-13-22)23-14-8-3-9-15-23;2-1(3,4)5/h1-19H;/q+1;-1. The van der Waals surface area contributed by atoms with Gasteiger partial charge in [-0.1, -0.05) is 54.6 Å². The molecule has 0 aliphatic carbocycles. The second kappa shape index (κ2) is 10.7. The first-order valence-corrected chi connectivity index (χ1v) is 10.7. The van der Waals surface area contributed by atoms with E-state index in [0.29, 0.717) is 0 Å². The smallest absolute Gasteiger partial charge is 0.457 e. The van der Waals surface area contributed by atoms with E-state index in [1.165, 1.54) is 14.7 Å². The first-order valence-electron chi connectivity index (χ1n) is 9.45. The predicted molar refractivity (Wildman–Crippen MR) is 118 cm³/mol. The molecule has 4 rings (SSSR count). The molecule has 158 valence electrons. The van der Waals surface area contributed by atoms with Crippen LogP contribution in [-0.4, -0.2) is 7.25 Å². The third-order valence-corrected chi connectivity index (χ3v) is 6.23. The fourth-order valence-corrected chi connectivity index (χ4v) is 4.87. The number of hydrogen-bond acceptors (Lipinski definition) is 1. The Balaban J connectivity index is 0.000000491. The van der Waals surface area contributed by atoms with Gasteiger partial charge in [0.15, 0.2) is 14.7 Å². The molecule has 0 saturated heterocycles. The van der Waals surface area contributed by atoms with Gasteiger partial charge in [0.2, 0.25) is 0 Å². The molecule has 31 heavy (non-hydrogen) atoms. The average Bonchev–Trinajstić information content (AvgIpc) is 2.76. The molecule has 1 nitrogen and oxygen atoms in total. The Labute approximate surface area is 181 Å². The van der Waals surface area contributed by atoms with Gasteiger partial charge in [0, 0.05) is 0 Å². The van der Waals surface area contributed by atoms with E-state index in [4.69, 9.17) is 4.74 Å². The van der Waals surface area contributed by atoms with Gasteiger partial charge in [0.25, 0.3) is 0 Å². The van der Waals surface area contributed by atoms with E-state index in [0.717, 1.165) is 11.5 Å². The summed E-state index contributed by atoms with van der Waals surface area (Å²) in [5.41, 5.74) is 0. The van der Waals surface area contributed by atoms with Crippen molar-refractivity contribution in [2.24, 2.45) is 0 Å². The first kappa shape index (κ1) is 22.5. The van der Waals surface area contributed by atoms with Gasteiger partial charge in [-0.05, 0) is 60.7 Å². The van der Waals surface area contributed by atoms with E-state index in [-0.39, 0.29) is 10.9 Å². The zero-order valence-electron chi connectivity index (χ0n) is 16.4. The molecule has 0 aliphatic rings. The van der Waals surface area contributed by atoms with Crippen LogP contribution in [0.25, 0.3) is 0 Å². The maximum atomic E-state index is 9.75. The average molecular weight is 442 g/mol. The van der Waals surface area contributed by atoms with E-state index < -0.39 is 7.25 Å². The molecule has 0 amide bonds. The number of para-hydroxylation sites is 1. The molecule has 4 aromatic carbocycles. The largest absolute Gasteiger partial charge is 0.673 e. The molecule has 0 aliphatic heterocycles. The quantitative estimate of drug-likeness (QED) is 0.174. The summed E-state index contributed by atoms with van der Waals surface area (Å²) in [6, 6.07) is 39.6. The van der Waals surface area contributed by atoms with Crippen molar-refractivity contribution >= 4 is 18.1 Å². The van der Waals surface area contributed by atoms with Crippen molar-refractivity contribution in [3.05, 3.63) is 115 Å². The molecule has 0 fully saturated rings. The molecule has 0 N–H and O–H groups in total. The maximum Gasteiger partial charge on any atom is 0.673 e. The minimum absolute atomic E-state index is 0.125. The summed E-state index contributed by atoms with van der Waals surface area (Å²) < 4.78 is 44.9. The van der Waals surface area contributed by atoms with Gasteiger partial charge in [0.05, 0.1) is 10.9 Å². The SMILES string of the molecule is F[B-](F)(F)F.c1ccc(Oc2ccc([S+](c3ccccc3)c3ccccc3)cc2)cc1. The zero-order valence-corrected chi connectivity index (χ0v) is 17.2. The van der Waals surface area contributed by atoms with E-state index in [1.54, 1.807) is 0 Å². The molecule has 0 bridgehead atoms. The summed E-state index contributed by atoms with van der Waals surface area (Å²) in [4.78, 5) is 3.91. The normalized spacial score (nSPS) is 10.9. The zero-order chi connectivity index (χ0) is 22.1. The molecule has 0 radical (unpaired) electrons. The summed E-state index contributed by atoms with van der Waals surface area (Å²) in [5.74, 6) is 1.70. The van der Waals surface area contributed by atoms with Crippen LogP contribution in [0, 0.1) is 0 Å². The molecule has 0 unspecified atom stereocenters. The lowest BCUT2D eigenvalue weighted by molar-refractivity contribution is 0.368. The van der Waals surface area contributed by atoms with Crippen LogP contribution < -0.4 is 4.74 Å². The fourth-order valence-electron chi connectivity index (χ4n) is 2.79. The number of rotatable bonds is 5. The molecule has 0 heterocycles. The maximum absolute atomic E-state index is 9.75. The van der Waals surface area contributed by atoms with Crippen molar-refractivity contribution in [1.29, 1.82) is 0 Å². The molecule has 7 heteroatoms. The Hall–Kier alpha value is -3.19. The van der Waals surface area contributed by atoms with Crippen molar-refractivity contribution < 1.29 is 22.0 Å². The fraction of sp³-hybridized carbons (Fsp3) is 0. The Morgan fingerprint density at radius 2 is 0.774 bits per heavy atom. The predicted octanol–water partition coefficient (Wildman–Crippen LogP) is 7.87. The van der Waals surface area contributed by atoms with Crippen molar-refractivity contribution in [2.75, 3.05) is 0 Å². The van der Waals surface area contributed by atoms with Gasteiger partial charge >= 0.3 is 7.25 Å². The topological polar surface area (TPSA) is 9.23 Å². The van der Waals surface area contributed by atoms with Gasteiger partial charge in [-0.2, -0.15) is 0 Å². The van der Waals surface area contributed by atoms with Crippen LogP contribution in [0.1, 0.15) is 0 Å².